The highest BCUT2D eigenvalue weighted by Crippen LogP contribution is 2.22. The van der Waals surface area contributed by atoms with Crippen molar-refractivity contribution in [3.63, 3.8) is 0 Å². The van der Waals surface area contributed by atoms with Crippen LogP contribution in [0.3, 0.4) is 0 Å². The number of rotatable bonds is 3. The average molecular weight is 332 g/mol. The number of hydrogen-bond donors (Lipinski definition) is 2. The molecule has 6 nitrogen and oxygen atoms in total. The Kier molecular flexibility index (Phi) is 4.08. The number of carbonyl (C=O) groups excluding carboxylic acids is 1. The van der Waals surface area contributed by atoms with Gasteiger partial charge in [0.1, 0.15) is 5.75 Å². The number of nitrogens with one attached hydrogen (secondary N) is 2. The molecule has 118 valence electrons. The van der Waals surface area contributed by atoms with Crippen molar-refractivity contribution >= 4 is 28.5 Å². The maximum Gasteiger partial charge on any atom is 0.343 e. The molecule has 0 atom stereocenters. The predicted octanol–water partition coefficient (Wildman–Crippen LogP) is 2.75. The molecule has 0 fully saturated rings. The van der Waals surface area contributed by atoms with Crippen molar-refractivity contribution in [2.75, 3.05) is 7.11 Å². The van der Waals surface area contributed by atoms with Crippen molar-refractivity contribution in [3.05, 3.63) is 63.4 Å². The average Bonchev–Trinajstić information content (AvgIpc) is 2.90. The predicted molar refractivity (Wildman–Crippen MR) is 88.2 cm³/mol. The number of halogens is 1. The number of methoxy groups -OCH3 is 1. The Morgan fingerprint density at radius 1 is 1.30 bits per heavy atom. The first-order valence-electron chi connectivity index (χ1n) is 6.90. The highest BCUT2D eigenvalue weighted by Gasteiger charge is 2.13. The summed E-state index contributed by atoms with van der Waals surface area (Å²) >= 11 is 5.96. The molecule has 1 amide bonds. The van der Waals surface area contributed by atoms with Gasteiger partial charge in [0.15, 0.2) is 0 Å². The number of para-hydroxylation sites is 1. The topological polar surface area (TPSA) is 76.1 Å². The van der Waals surface area contributed by atoms with Crippen LogP contribution in [0.1, 0.15) is 5.56 Å². The van der Waals surface area contributed by atoms with Gasteiger partial charge in [0, 0.05) is 17.1 Å². The molecule has 0 unspecified atom stereocenters. The van der Waals surface area contributed by atoms with E-state index in [4.69, 9.17) is 16.3 Å². The van der Waals surface area contributed by atoms with Crippen molar-refractivity contribution in [2.45, 2.75) is 6.54 Å². The van der Waals surface area contributed by atoms with Crippen molar-refractivity contribution in [1.82, 2.24) is 15.1 Å². The summed E-state index contributed by atoms with van der Waals surface area (Å²) in [7, 11) is 1.54. The van der Waals surface area contributed by atoms with Crippen LogP contribution in [0.5, 0.6) is 5.75 Å². The molecule has 3 aromatic rings. The molecule has 0 aliphatic carbocycles. The fraction of sp³-hybridized carbons (Fsp3) is 0.125. The van der Waals surface area contributed by atoms with Crippen LogP contribution in [-0.4, -0.2) is 22.9 Å². The quantitative estimate of drug-likeness (QED) is 0.774. The van der Waals surface area contributed by atoms with Crippen LogP contribution in [0.2, 0.25) is 5.02 Å². The standard InChI is InChI=1S/C16H14ClN3O3/c1-23-14-7-6-11(17)8-10(14)9-18-16(22)20-15(21)12-4-2-3-5-13(12)19-20/h2-8,19H,9H2,1H3,(H,18,22). The third-order valence-corrected chi connectivity index (χ3v) is 3.70. The highest BCUT2D eigenvalue weighted by atomic mass is 35.5. The van der Waals surface area contributed by atoms with E-state index in [1.807, 2.05) is 0 Å². The molecule has 3 rings (SSSR count). The number of ether oxygens (including phenoxy) is 1. The molecule has 0 aliphatic rings. The number of amides is 1. The fourth-order valence-electron chi connectivity index (χ4n) is 2.34. The number of nitrogens with zero attached hydrogens (tertiary/aromatic N) is 1. The summed E-state index contributed by atoms with van der Waals surface area (Å²) in [6, 6.07) is 11.5. The zero-order chi connectivity index (χ0) is 16.4. The molecule has 0 radical (unpaired) electrons. The van der Waals surface area contributed by atoms with Crippen molar-refractivity contribution in [2.24, 2.45) is 0 Å². The van der Waals surface area contributed by atoms with E-state index in [9.17, 15) is 9.59 Å². The Morgan fingerprint density at radius 3 is 2.83 bits per heavy atom. The van der Waals surface area contributed by atoms with Gasteiger partial charge in [-0.15, -0.1) is 0 Å². The van der Waals surface area contributed by atoms with Crippen LogP contribution in [-0.2, 0) is 6.54 Å². The largest absolute Gasteiger partial charge is 0.496 e. The molecule has 1 heterocycles. The van der Waals surface area contributed by atoms with Gasteiger partial charge in [0.2, 0.25) is 0 Å². The van der Waals surface area contributed by atoms with Gasteiger partial charge < -0.3 is 10.1 Å². The number of fused-ring (bicyclic) bond motifs is 1. The van der Waals surface area contributed by atoms with E-state index in [2.05, 4.69) is 10.4 Å². The molecule has 1 aromatic heterocycles. The number of benzene rings is 2. The molecule has 0 saturated heterocycles. The molecule has 2 N–H and O–H groups in total. The molecule has 2 aromatic carbocycles. The second kappa shape index (κ2) is 6.18. The number of H-pyrrole nitrogens is 1. The summed E-state index contributed by atoms with van der Waals surface area (Å²) in [5.41, 5.74) is 0.932. The Hall–Kier alpha value is -2.73. The van der Waals surface area contributed by atoms with E-state index >= 15 is 0 Å². The van der Waals surface area contributed by atoms with Crippen LogP contribution in [0, 0.1) is 0 Å². The Labute approximate surface area is 136 Å². The lowest BCUT2D eigenvalue weighted by Crippen LogP contribution is -2.35. The van der Waals surface area contributed by atoms with Crippen molar-refractivity contribution < 1.29 is 9.53 Å². The Balaban J connectivity index is 1.83. The smallest absolute Gasteiger partial charge is 0.343 e. The minimum absolute atomic E-state index is 0.185. The first kappa shape index (κ1) is 15.2. The third-order valence-electron chi connectivity index (χ3n) is 3.47. The highest BCUT2D eigenvalue weighted by molar-refractivity contribution is 6.30. The van der Waals surface area contributed by atoms with E-state index in [0.29, 0.717) is 21.7 Å². The first-order valence-corrected chi connectivity index (χ1v) is 7.28. The second-order valence-electron chi connectivity index (χ2n) is 4.91. The summed E-state index contributed by atoms with van der Waals surface area (Å²) in [5.74, 6) is 0.610. The van der Waals surface area contributed by atoms with Gasteiger partial charge in [0.05, 0.1) is 18.0 Å². The Bertz CT molecular complexity index is 930. The summed E-state index contributed by atoms with van der Waals surface area (Å²) < 4.78 is 6.17. The Morgan fingerprint density at radius 2 is 2.09 bits per heavy atom. The van der Waals surface area contributed by atoms with Crippen LogP contribution >= 0.6 is 11.6 Å². The lowest BCUT2D eigenvalue weighted by Gasteiger charge is -2.10. The van der Waals surface area contributed by atoms with Crippen LogP contribution < -0.4 is 15.6 Å². The molecule has 0 aliphatic heterocycles. The van der Waals surface area contributed by atoms with Gasteiger partial charge >= 0.3 is 6.03 Å². The maximum atomic E-state index is 12.2. The summed E-state index contributed by atoms with van der Waals surface area (Å²) in [6.07, 6.45) is 0. The lowest BCUT2D eigenvalue weighted by molar-refractivity contribution is 0.238. The molecular weight excluding hydrogens is 318 g/mol. The van der Waals surface area contributed by atoms with Gasteiger partial charge in [-0.25, -0.2) is 4.79 Å². The third kappa shape index (κ3) is 2.93. The summed E-state index contributed by atoms with van der Waals surface area (Å²) in [4.78, 5) is 24.4. The van der Waals surface area contributed by atoms with Crippen LogP contribution in [0.15, 0.2) is 47.3 Å². The zero-order valence-corrected chi connectivity index (χ0v) is 13.1. The summed E-state index contributed by atoms with van der Waals surface area (Å²) in [5, 5.41) is 6.45. The van der Waals surface area contributed by atoms with Crippen molar-refractivity contribution in [1.29, 1.82) is 0 Å². The molecule has 23 heavy (non-hydrogen) atoms. The molecule has 0 bridgehead atoms. The lowest BCUT2D eigenvalue weighted by atomic mass is 10.2. The normalized spacial score (nSPS) is 10.7. The number of carbonyl (C=O) groups is 1. The van der Waals surface area contributed by atoms with Crippen LogP contribution in [0.4, 0.5) is 4.79 Å². The number of aromatic nitrogens is 2. The molecule has 7 heteroatoms. The maximum absolute atomic E-state index is 12.2. The number of hydrogen-bond acceptors (Lipinski definition) is 3. The van der Waals surface area contributed by atoms with E-state index in [0.717, 1.165) is 10.2 Å². The first-order chi connectivity index (χ1) is 11.1. The minimum atomic E-state index is -0.548. The molecule has 0 saturated carbocycles. The van der Waals surface area contributed by atoms with E-state index in [-0.39, 0.29) is 6.54 Å². The van der Waals surface area contributed by atoms with E-state index < -0.39 is 11.6 Å². The second-order valence-corrected chi connectivity index (χ2v) is 5.35. The SMILES string of the molecule is COc1ccc(Cl)cc1CNC(=O)n1[nH]c2ccccc2c1=O. The van der Waals surface area contributed by atoms with E-state index in [1.165, 1.54) is 7.11 Å². The molecule has 0 spiro atoms. The monoisotopic (exact) mass is 331 g/mol. The fourth-order valence-corrected chi connectivity index (χ4v) is 2.53. The van der Waals surface area contributed by atoms with Gasteiger partial charge in [-0.05, 0) is 30.3 Å². The van der Waals surface area contributed by atoms with Gasteiger partial charge in [-0.3, -0.25) is 9.89 Å². The van der Waals surface area contributed by atoms with Crippen LogP contribution in [0.25, 0.3) is 10.9 Å². The molecular formula is C16H14ClN3O3. The van der Waals surface area contributed by atoms with Gasteiger partial charge in [-0.1, -0.05) is 23.7 Å². The summed E-state index contributed by atoms with van der Waals surface area (Å²) in [6.45, 7) is 0.185. The van der Waals surface area contributed by atoms with Crippen molar-refractivity contribution in [3.8, 4) is 5.75 Å². The van der Waals surface area contributed by atoms with E-state index in [1.54, 1.807) is 42.5 Å². The minimum Gasteiger partial charge on any atom is -0.496 e. The van der Waals surface area contributed by atoms with Gasteiger partial charge in [0.25, 0.3) is 5.56 Å². The van der Waals surface area contributed by atoms with Gasteiger partial charge in [-0.2, -0.15) is 4.68 Å². The zero-order valence-electron chi connectivity index (χ0n) is 12.3. The number of aromatic amines is 1.